The molecule has 1 heterocycles. The highest BCUT2D eigenvalue weighted by molar-refractivity contribution is 5.88. The Bertz CT molecular complexity index is 606. The second kappa shape index (κ2) is 4.48. The number of halogens is 1. The molecule has 0 aliphatic heterocycles. The molecule has 1 aromatic carbocycles. The zero-order valence-electron chi connectivity index (χ0n) is 9.73. The van der Waals surface area contributed by atoms with Gasteiger partial charge in [-0.05, 0) is 19.1 Å². The average Bonchev–Trinajstić information content (AvgIpc) is 2.71. The van der Waals surface area contributed by atoms with E-state index >= 15 is 0 Å². The first-order valence-electron chi connectivity index (χ1n) is 5.08. The van der Waals surface area contributed by atoms with Crippen LogP contribution in [0.2, 0.25) is 0 Å². The Morgan fingerprint density at radius 2 is 2.22 bits per heavy atom. The average molecular weight is 251 g/mol. The second-order valence-corrected chi connectivity index (χ2v) is 3.64. The lowest BCUT2D eigenvalue weighted by molar-refractivity contribution is 0.0685. The fraction of sp³-hybridized carbons (Fsp3) is 0.167. The highest BCUT2D eigenvalue weighted by Gasteiger charge is 2.21. The maximum absolute atomic E-state index is 13.8. The van der Waals surface area contributed by atoms with E-state index in [2.05, 4.69) is 5.16 Å². The van der Waals surface area contributed by atoms with Crippen molar-refractivity contribution in [2.45, 2.75) is 6.92 Å². The van der Waals surface area contributed by atoms with Gasteiger partial charge < -0.3 is 14.4 Å². The molecule has 0 radical (unpaired) electrons. The Kier molecular flexibility index (Phi) is 3.01. The van der Waals surface area contributed by atoms with Crippen molar-refractivity contribution in [3.05, 3.63) is 35.3 Å². The lowest BCUT2D eigenvalue weighted by Crippen LogP contribution is -1.98. The molecule has 0 fully saturated rings. The maximum atomic E-state index is 13.8. The van der Waals surface area contributed by atoms with Crippen molar-refractivity contribution >= 4 is 5.97 Å². The molecule has 0 aliphatic carbocycles. The number of hydrogen-bond acceptors (Lipinski definition) is 4. The fourth-order valence-electron chi connectivity index (χ4n) is 1.59. The Morgan fingerprint density at radius 1 is 1.50 bits per heavy atom. The Labute approximate surface area is 102 Å². The summed E-state index contributed by atoms with van der Waals surface area (Å²) < 4.78 is 23.6. The van der Waals surface area contributed by atoms with Crippen LogP contribution in [0.5, 0.6) is 5.75 Å². The predicted molar refractivity (Wildman–Crippen MR) is 60.1 cm³/mol. The van der Waals surface area contributed by atoms with Crippen molar-refractivity contribution in [3.63, 3.8) is 0 Å². The SMILES string of the molecule is COc1ccc(-c2onc(C(=O)O)c2C)c(F)c1. The van der Waals surface area contributed by atoms with E-state index in [4.69, 9.17) is 14.4 Å². The number of hydrogen-bond donors (Lipinski definition) is 1. The zero-order valence-corrected chi connectivity index (χ0v) is 9.73. The van der Waals surface area contributed by atoms with Crippen molar-refractivity contribution in [2.75, 3.05) is 7.11 Å². The summed E-state index contributed by atoms with van der Waals surface area (Å²) >= 11 is 0. The van der Waals surface area contributed by atoms with Crippen LogP contribution in [-0.2, 0) is 0 Å². The molecule has 6 heteroatoms. The summed E-state index contributed by atoms with van der Waals surface area (Å²) in [6.45, 7) is 1.51. The monoisotopic (exact) mass is 251 g/mol. The van der Waals surface area contributed by atoms with E-state index < -0.39 is 11.8 Å². The van der Waals surface area contributed by atoms with Crippen LogP contribution in [0.25, 0.3) is 11.3 Å². The number of carboxylic acids is 1. The minimum atomic E-state index is -1.21. The van der Waals surface area contributed by atoms with E-state index in [0.29, 0.717) is 5.75 Å². The summed E-state index contributed by atoms with van der Waals surface area (Å²) in [5.74, 6) is -1.30. The van der Waals surface area contributed by atoms with Crippen molar-refractivity contribution in [1.29, 1.82) is 0 Å². The van der Waals surface area contributed by atoms with Gasteiger partial charge in [-0.2, -0.15) is 0 Å². The van der Waals surface area contributed by atoms with Gasteiger partial charge in [0, 0.05) is 11.6 Å². The van der Waals surface area contributed by atoms with Crippen molar-refractivity contribution in [2.24, 2.45) is 0 Å². The molecule has 0 spiro atoms. The quantitative estimate of drug-likeness (QED) is 0.907. The van der Waals surface area contributed by atoms with E-state index in [9.17, 15) is 9.18 Å². The van der Waals surface area contributed by atoms with Gasteiger partial charge in [-0.25, -0.2) is 9.18 Å². The molecule has 0 bridgehead atoms. The summed E-state index contributed by atoms with van der Waals surface area (Å²) in [5.41, 5.74) is 0.208. The van der Waals surface area contributed by atoms with Gasteiger partial charge in [0.05, 0.1) is 12.7 Å². The lowest BCUT2D eigenvalue weighted by atomic mass is 10.1. The van der Waals surface area contributed by atoms with E-state index in [0.717, 1.165) is 0 Å². The van der Waals surface area contributed by atoms with Crippen molar-refractivity contribution in [3.8, 4) is 17.1 Å². The molecule has 1 aromatic heterocycles. The molecule has 5 nitrogen and oxygen atoms in total. The molecule has 1 N–H and O–H groups in total. The maximum Gasteiger partial charge on any atom is 0.358 e. The molecule has 94 valence electrons. The van der Waals surface area contributed by atoms with Gasteiger partial charge in [-0.3, -0.25) is 0 Å². The molecule has 0 saturated heterocycles. The summed E-state index contributed by atoms with van der Waals surface area (Å²) in [4.78, 5) is 10.8. The molecular formula is C12H10FNO4. The molecule has 0 amide bonds. The van der Waals surface area contributed by atoms with Crippen LogP contribution in [0.4, 0.5) is 4.39 Å². The molecule has 0 aliphatic rings. The van der Waals surface area contributed by atoms with Crippen LogP contribution in [0.15, 0.2) is 22.7 Å². The minimum absolute atomic E-state index is 0.104. The normalized spacial score (nSPS) is 10.4. The van der Waals surface area contributed by atoms with Crippen LogP contribution in [0.3, 0.4) is 0 Å². The van der Waals surface area contributed by atoms with Gasteiger partial charge in [0.2, 0.25) is 0 Å². The van der Waals surface area contributed by atoms with E-state index in [1.54, 1.807) is 6.07 Å². The van der Waals surface area contributed by atoms with Crippen molar-refractivity contribution in [1.82, 2.24) is 5.16 Å². The third-order valence-electron chi connectivity index (χ3n) is 2.55. The van der Waals surface area contributed by atoms with Crippen LogP contribution in [0.1, 0.15) is 16.1 Å². The number of carboxylic acid groups (broad SMARTS) is 1. The molecule has 0 unspecified atom stereocenters. The minimum Gasteiger partial charge on any atom is -0.497 e. The van der Waals surface area contributed by atoms with E-state index in [1.807, 2.05) is 0 Å². The predicted octanol–water partition coefficient (Wildman–Crippen LogP) is 2.50. The lowest BCUT2D eigenvalue weighted by Gasteiger charge is -2.03. The summed E-state index contributed by atoms with van der Waals surface area (Å²) in [5, 5.41) is 12.2. The summed E-state index contributed by atoms with van der Waals surface area (Å²) in [6, 6.07) is 4.20. The molecular weight excluding hydrogens is 241 g/mol. The van der Waals surface area contributed by atoms with Gasteiger partial charge in [0.1, 0.15) is 11.6 Å². The van der Waals surface area contributed by atoms with Gasteiger partial charge in [-0.15, -0.1) is 0 Å². The Hall–Kier alpha value is -2.37. The fourth-order valence-corrected chi connectivity index (χ4v) is 1.59. The first kappa shape index (κ1) is 12.1. The highest BCUT2D eigenvalue weighted by atomic mass is 19.1. The zero-order chi connectivity index (χ0) is 13.3. The van der Waals surface area contributed by atoms with Crippen LogP contribution >= 0.6 is 0 Å². The molecule has 0 atom stereocenters. The number of methoxy groups -OCH3 is 1. The van der Waals surface area contributed by atoms with Gasteiger partial charge >= 0.3 is 5.97 Å². The summed E-state index contributed by atoms with van der Waals surface area (Å²) in [7, 11) is 1.43. The number of ether oxygens (including phenoxy) is 1. The highest BCUT2D eigenvalue weighted by Crippen LogP contribution is 2.30. The molecule has 2 rings (SSSR count). The number of aromatic nitrogens is 1. The van der Waals surface area contributed by atoms with E-state index in [-0.39, 0.29) is 22.6 Å². The first-order chi connectivity index (χ1) is 8.54. The van der Waals surface area contributed by atoms with Crippen LogP contribution in [0, 0.1) is 12.7 Å². The third kappa shape index (κ3) is 1.92. The largest absolute Gasteiger partial charge is 0.497 e. The number of aromatic carboxylic acids is 1. The molecule has 2 aromatic rings. The first-order valence-corrected chi connectivity index (χ1v) is 5.08. The second-order valence-electron chi connectivity index (χ2n) is 3.64. The number of nitrogens with zero attached hydrogens (tertiary/aromatic N) is 1. The van der Waals surface area contributed by atoms with Crippen LogP contribution in [-0.4, -0.2) is 23.3 Å². The van der Waals surface area contributed by atoms with Crippen molar-refractivity contribution < 1.29 is 23.6 Å². The smallest absolute Gasteiger partial charge is 0.358 e. The molecule has 18 heavy (non-hydrogen) atoms. The standard InChI is InChI=1S/C12H10FNO4/c1-6-10(12(15)16)14-18-11(6)8-4-3-7(17-2)5-9(8)13/h3-5H,1-2H3,(H,15,16). The van der Waals surface area contributed by atoms with Gasteiger partial charge in [-0.1, -0.05) is 5.16 Å². The van der Waals surface area contributed by atoms with Crippen LogP contribution < -0.4 is 4.74 Å². The third-order valence-corrected chi connectivity index (χ3v) is 2.55. The van der Waals surface area contributed by atoms with Gasteiger partial charge in [0.15, 0.2) is 11.5 Å². The van der Waals surface area contributed by atoms with E-state index in [1.165, 1.54) is 26.2 Å². The number of carbonyl (C=O) groups is 1. The van der Waals surface area contributed by atoms with Gasteiger partial charge in [0.25, 0.3) is 0 Å². The topological polar surface area (TPSA) is 72.6 Å². The summed E-state index contributed by atoms with van der Waals surface area (Å²) in [6.07, 6.45) is 0. The number of benzene rings is 1. The Balaban J connectivity index is 2.52. The molecule has 0 saturated carbocycles. The number of rotatable bonds is 3. The Morgan fingerprint density at radius 3 is 2.72 bits per heavy atom.